The summed E-state index contributed by atoms with van der Waals surface area (Å²) in [6.45, 7) is 0.926. The smallest absolute Gasteiger partial charge is 0.119 e. The highest BCUT2D eigenvalue weighted by molar-refractivity contribution is 7.10. The fraction of sp³-hybridized carbons (Fsp3) is 0.130. The molecule has 1 unspecified atom stereocenters. The van der Waals surface area contributed by atoms with Crippen LogP contribution in [0.1, 0.15) is 22.0 Å². The predicted octanol–water partition coefficient (Wildman–Crippen LogP) is 6.02. The molecule has 0 saturated carbocycles. The summed E-state index contributed by atoms with van der Waals surface area (Å²) in [6.07, 6.45) is 0. The standard InChI is InChI=1S/C23H19NOS/c1-25-20-10-8-19(9-11-20)24-15-18-13-16-5-2-3-6-17(16)14-21(18)23(24)22-7-4-12-26-22/h2-14,23H,15H2,1H3. The van der Waals surface area contributed by atoms with Crippen molar-refractivity contribution in [3.8, 4) is 5.75 Å². The SMILES string of the molecule is COc1ccc(N2Cc3cc4ccccc4cc3C2c2cccs2)cc1. The lowest BCUT2D eigenvalue weighted by molar-refractivity contribution is 0.415. The molecule has 1 aliphatic rings. The number of anilines is 1. The largest absolute Gasteiger partial charge is 0.497 e. The lowest BCUT2D eigenvalue weighted by atomic mass is 9.98. The number of nitrogens with zero attached hydrogens (tertiary/aromatic N) is 1. The Hall–Kier alpha value is -2.78. The number of hydrogen-bond donors (Lipinski definition) is 0. The number of hydrogen-bond acceptors (Lipinski definition) is 3. The minimum atomic E-state index is 0.267. The Morgan fingerprint density at radius 3 is 2.38 bits per heavy atom. The molecule has 2 nitrogen and oxygen atoms in total. The van der Waals surface area contributed by atoms with Crippen LogP contribution in [0.2, 0.25) is 0 Å². The Balaban J connectivity index is 1.66. The van der Waals surface area contributed by atoms with Crippen LogP contribution in [-0.2, 0) is 6.54 Å². The van der Waals surface area contributed by atoms with Crippen LogP contribution in [0.3, 0.4) is 0 Å². The zero-order valence-electron chi connectivity index (χ0n) is 14.6. The lowest BCUT2D eigenvalue weighted by Gasteiger charge is -2.27. The van der Waals surface area contributed by atoms with Crippen LogP contribution >= 0.6 is 11.3 Å². The fourth-order valence-electron chi connectivity index (χ4n) is 3.91. The molecule has 128 valence electrons. The molecule has 1 aliphatic heterocycles. The van der Waals surface area contributed by atoms with E-state index < -0.39 is 0 Å². The minimum absolute atomic E-state index is 0.267. The molecular weight excluding hydrogens is 338 g/mol. The van der Waals surface area contributed by atoms with E-state index in [1.807, 2.05) is 23.5 Å². The van der Waals surface area contributed by atoms with Crippen LogP contribution in [-0.4, -0.2) is 7.11 Å². The van der Waals surface area contributed by atoms with Crippen molar-refractivity contribution < 1.29 is 4.74 Å². The molecule has 1 atom stereocenters. The second-order valence-corrected chi connectivity index (χ2v) is 7.62. The highest BCUT2D eigenvalue weighted by Crippen LogP contribution is 2.44. The molecular formula is C23H19NOS. The molecule has 0 spiro atoms. The summed E-state index contributed by atoms with van der Waals surface area (Å²) in [5.41, 5.74) is 4.06. The van der Waals surface area contributed by atoms with Gasteiger partial charge in [-0.3, -0.25) is 0 Å². The molecule has 0 N–H and O–H groups in total. The van der Waals surface area contributed by atoms with E-state index in [1.54, 1.807) is 7.11 Å². The summed E-state index contributed by atoms with van der Waals surface area (Å²) < 4.78 is 5.33. The van der Waals surface area contributed by atoms with E-state index in [2.05, 4.69) is 70.9 Å². The summed E-state index contributed by atoms with van der Waals surface area (Å²) in [4.78, 5) is 3.88. The normalized spacial score (nSPS) is 16.0. The van der Waals surface area contributed by atoms with E-state index in [9.17, 15) is 0 Å². The maximum Gasteiger partial charge on any atom is 0.119 e. The molecule has 3 aromatic carbocycles. The molecule has 0 radical (unpaired) electrons. The summed E-state index contributed by atoms with van der Waals surface area (Å²) in [5, 5.41) is 4.79. The quantitative estimate of drug-likeness (QED) is 0.444. The molecule has 3 heteroatoms. The predicted molar refractivity (Wildman–Crippen MR) is 109 cm³/mol. The van der Waals surface area contributed by atoms with Gasteiger partial charge in [0.2, 0.25) is 0 Å². The van der Waals surface area contributed by atoms with Crippen LogP contribution in [0.15, 0.2) is 78.2 Å². The van der Waals surface area contributed by atoms with Gasteiger partial charge in [-0.25, -0.2) is 0 Å². The van der Waals surface area contributed by atoms with E-state index in [-0.39, 0.29) is 6.04 Å². The fourth-order valence-corrected chi connectivity index (χ4v) is 4.76. The van der Waals surface area contributed by atoms with Gasteiger partial charge < -0.3 is 9.64 Å². The third-order valence-corrected chi connectivity index (χ3v) is 6.10. The zero-order valence-corrected chi connectivity index (χ0v) is 15.4. The van der Waals surface area contributed by atoms with Gasteiger partial charge in [-0.2, -0.15) is 0 Å². The molecule has 0 amide bonds. The van der Waals surface area contributed by atoms with Gasteiger partial charge >= 0.3 is 0 Å². The first-order valence-electron chi connectivity index (χ1n) is 8.79. The monoisotopic (exact) mass is 357 g/mol. The average Bonchev–Trinajstić information content (AvgIpc) is 3.33. The van der Waals surface area contributed by atoms with E-state index in [4.69, 9.17) is 4.74 Å². The first-order chi connectivity index (χ1) is 12.8. The summed E-state index contributed by atoms with van der Waals surface area (Å²) >= 11 is 1.83. The van der Waals surface area contributed by atoms with Crippen LogP contribution in [0, 0.1) is 0 Å². The summed E-state index contributed by atoms with van der Waals surface area (Å²) in [7, 11) is 1.71. The average molecular weight is 357 g/mol. The molecule has 0 saturated heterocycles. The molecule has 0 aliphatic carbocycles. The Morgan fingerprint density at radius 2 is 1.69 bits per heavy atom. The third-order valence-electron chi connectivity index (χ3n) is 5.17. The number of rotatable bonds is 3. The van der Waals surface area contributed by atoms with Crippen molar-refractivity contribution in [2.24, 2.45) is 0 Å². The maximum atomic E-state index is 5.33. The molecule has 5 rings (SSSR count). The van der Waals surface area contributed by atoms with E-state index >= 15 is 0 Å². The molecule has 26 heavy (non-hydrogen) atoms. The Bertz CT molecular complexity index is 1050. The van der Waals surface area contributed by atoms with E-state index in [1.165, 1.54) is 32.5 Å². The summed E-state index contributed by atoms with van der Waals surface area (Å²) in [5.74, 6) is 0.892. The van der Waals surface area contributed by atoms with Crippen molar-refractivity contribution in [2.75, 3.05) is 12.0 Å². The van der Waals surface area contributed by atoms with E-state index in [0.717, 1.165) is 12.3 Å². The number of methoxy groups -OCH3 is 1. The Morgan fingerprint density at radius 1 is 0.923 bits per heavy atom. The zero-order chi connectivity index (χ0) is 17.5. The highest BCUT2D eigenvalue weighted by atomic mass is 32.1. The van der Waals surface area contributed by atoms with Gasteiger partial charge in [0, 0.05) is 17.1 Å². The van der Waals surface area contributed by atoms with Crippen LogP contribution in [0.4, 0.5) is 5.69 Å². The number of thiophene rings is 1. The van der Waals surface area contributed by atoms with Crippen LogP contribution < -0.4 is 9.64 Å². The third kappa shape index (κ3) is 2.47. The van der Waals surface area contributed by atoms with Gasteiger partial charge in [0.25, 0.3) is 0 Å². The van der Waals surface area contributed by atoms with Gasteiger partial charge in [0.15, 0.2) is 0 Å². The summed E-state index contributed by atoms with van der Waals surface area (Å²) in [6, 6.07) is 26.4. The van der Waals surface area contributed by atoms with Gasteiger partial charge in [0.05, 0.1) is 13.2 Å². The van der Waals surface area contributed by atoms with E-state index in [0.29, 0.717) is 0 Å². The minimum Gasteiger partial charge on any atom is -0.497 e. The highest BCUT2D eigenvalue weighted by Gasteiger charge is 2.32. The molecule has 0 bridgehead atoms. The topological polar surface area (TPSA) is 12.5 Å². The second-order valence-electron chi connectivity index (χ2n) is 6.64. The molecule has 0 fully saturated rings. The van der Waals surface area contributed by atoms with Crippen molar-refractivity contribution in [1.82, 2.24) is 0 Å². The second kappa shape index (κ2) is 6.19. The molecule has 4 aromatic rings. The van der Waals surface area contributed by atoms with Gasteiger partial charge in [0.1, 0.15) is 5.75 Å². The van der Waals surface area contributed by atoms with Gasteiger partial charge in [-0.1, -0.05) is 30.3 Å². The first kappa shape index (κ1) is 15.5. The van der Waals surface area contributed by atoms with Gasteiger partial charge in [-0.05, 0) is 69.7 Å². The van der Waals surface area contributed by atoms with Crippen molar-refractivity contribution in [2.45, 2.75) is 12.6 Å². The molecule has 2 heterocycles. The maximum absolute atomic E-state index is 5.33. The van der Waals surface area contributed by atoms with Crippen molar-refractivity contribution in [3.05, 3.63) is 94.2 Å². The number of fused-ring (bicyclic) bond motifs is 2. The van der Waals surface area contributed by atoms with Crippen molar-refractivity contribution in [1.29, 1.82) is 0 Å². The van der Waals surface area contributed by atoms with Crippen molar-refractivity contribution in [3.63, 3.8) is 0 Å². The lowest BCUT2D eigenvalue weighted by Crippen LogP contribution is -2.21. The number of benzene rings is 3. The molecule has 1 aromatic heterocycles. The van der Waals surface area contributed by atoms with Crippen LogP contribution in [0.25, 0.3) is 10.8 Å². The van der Waals surface area contributed by atoms with Gasteiger partial charge in [-0.15, -0.1) is 11.3 Å². The number of ether oxygens (including phenoxy) is 1. The van der Waals surface area contributed by atoms with Crippen molar-refractivity contribution >= 4 is 27.8 Å². The first-order valence-corrected chi connectivity index (χ1v) is 9.67. The Labute approximate surface area is 157 Å². The van der Waals surface area contributed by atoms with Crippen LogP contribution in [0.5, 0.6) is 5.75 Å². The Kier molecular flexibility index (Phi) is 3.68.